The Labute approximate surface area is 153 Å². The highest BCUT2D eigenvalue weighted by Gasteiger charge is 2.27. The molecule has 2 heterocycles. The van der Waals surface area contributed by atoms with Crippen LogP contribution >= 0.6 is 11.6 Å². The van der Waals surface area contributed by atoms with Gasteiger partial charge < -0.3 is 20.4 Å². The second-order valence-electron chi connectivity index (χ2n) is 5.46. The fraction of sp³-hybridized carbons (Fsp3) is 0.357. The molecule has 1 aromatic heterocycles. The van der Waals surface area contributed by atoms with Crippen LogP contribution in [0.25, 0.3) is 0 Å². The number of nitrogens with two attached hydrogens (primary N) is 1. The first-order valence-electron chi connectivity index (χ1n) is 7.64. The van der Waals surface area contributed by atoms with Crippen LogP contribution in [0, 0.1) is 10.1 Å². The summed E-state index contributed by atoms with van der Waals surface area (Å²) in [5.74, 6) is 0.558. The first-order valence-corrected chi connectivity index (χ1v) is 8.02. The number of piperazine rings is 1. The zero-order valence-corrected chi connectivity index (χ0v) is 14.6. The maximum atomic E-state index is 10.8. The molecule has 0 amide bonds. The predicted molar refractivity (Wildman–Crippen MR) is 94.1 cm³/mol. The van der Waals surface area contributed by atoms with Gasteiger partial charge in [0, 0.05) is 38.3 Å². The average Bonchev–Trinajstić information content (AvgIpc) is 3.05. The molecule has 1 aliphatic heterocycles. The second kappa shape index (κ2) is 7.44. The Balaban J connectivity index is 1.73. The van der Waals surface area contributed by atoms with Crippen LogP contribution < -0.4 is 10.6 Å². The van der Waals surface area contributed by atoms with E-state index in [0.29, 0.717) is 42.7 Å². The molecule has 138 valence electrons. The number of nitro groups is 1. The van der Waals surface area contributed by atoms with Crippen LogP contribution in [0.5, 0.6) is 0 Å². The topological polar surface area (TPSA) is 136 Å². The molecule has 1 aromatic carbocycles. The van der Waals surface area contributed by atoms with Crippen molar-refractivity contribution in [3.8, 4) is 0 Å². The van der Waals surface area contributed by atoms with Gasteiger partial charge in [-0.1, -0.05) is 16.8 Å². The zero-order chi connectivity index (χ0) is 18.7. The van der Waals surface area contributed by atoms with Gasteiger partial charge in [0.2, 0.25) is 5.84 Å². The summed E-state index contributed by atoms with van der Waals surface area (Å²) >= 11 is 6.21. The summed E-state index contributed by atoms with van der Waals surface area (Å²) in [4.78, 5) is 19.2. The molecule has 1 fully saturated rings. The number of halogens is 1. The second-order valence-corrected chi connectivity index (χ2v) is 5.87. The predicted octanol–water partition coefficient (Wildman–Crippen LogP) is 1.34. The molecule has 0 bridgehead atoms. The van der Waals surface area contributed by atoms with E-state index in [-0.39, 0.29) is 11.5 Å². The number of oxime groups is 1. The fourth-order valence-corrected chi connectivity index (χ4v) is 3.01. The Kier molecular flexibility index (Phi) is 5.07. The molecular weight excluding hydrogens is 366 g/mol. The smallest absolute Gasteiger partial charge is 0.271 e. The number of nitrogen functional groups attached to an aromatic ring is 1. The van der Waals surface area contributed by atoms with Crippen LogP contribution in [0.3, 0.4) is 0 Å². The van der Waals surface area contributed by atoms with Crippen molar-refractivity contribution in [1.82, 2.24) is 15.2 Å². The first-order chi connectivity index (χ1) is 12.5. The van der Waals surface area contributed by atoms with Crippen molar-refractivity contribution in [3.05, 3.63) is 39.0 Å². The van der Waals surface area contributed by atoms with Gasteiger partial charge in [-0.25, -0.2) is 4.63 Å². The number of anilines is 2. The highest BCUT2D eigenvalue weighted by atomic mass is 35.5. The van der Waals surface area contributed by atoms with Crippen molar-refractivity contribution in [1.29, 1.82) is 0 Å². The molecule has 3 rings (SSSR count). The SMILES string of the molecule is CO/N=C(/c1nonc1N)N1CCN(c2ccc([N+](=O)[O-])cc2Cl)CC1. The lowest BCUT2D eigenvalue weighted by Gasteiger charge is -2.37. The summed E-state index contributed by atoms with van der Waals surface area (Å²) in [6.07, 6.45) is 0. The van der Waals surface area contributed by atoms with Gasteiger partial charge in [-0.05, 0) is 16.4 Å². The zero-order valence-electron chi connectivity index (χ0n) is 13.8. The van der Waals surface area contributed by atoms with Gasteiger partial charge >= 0.3 is 0 Å². The number of non-ortho nitro benzene ring substituents is 1. The molecule has 1 saturated heterocycles. The molecule has 0 radical (unpaired) electrons. The largest absolute Gasteiger partial charge is 0.397 e. The van der Waals surface area contributed by atoms with E-state index < -0.39 is 4.92 Å². The fourth-order valence-electron chi connectivity index (χ4n) is 2.71. The Morgan fingerprint density at radius 2 is 2.12 bits per heavy atom. The van der Waals surface area contributed by atoms with Crippen LogP contribution in [-0.2, 0) is 4.84 Å². The molecule has 12 heteroatoms. The van der Waals surface area contributed by atoms with E-state index >= 15 is 0 Å². The van der Waals surface area contributed by atoms with Crippen LogP contribution in [0.2, 0.25) is 5.02 Å². The van der Waals surface area contributed by atoms with Gasteiger partial charge in [0.05, 0.1) is 15.6 Å². The Morgan fingerprint density at radius 1 is 1.38 bits per heavy atom. The third-order valence-corrected chi connectivity index (χ3v) is 4.27. The molecule has 11 nitrogen and oxygen atoms in total. The van der Waals surface area contributed by atoms with E-state index in [1.54, 1.807) is 6.07 Å². The number of hydrogen-bond donors (Lipinski definition) is 1. The van der Waals surface area contributed by atoms with Gasteiger partial charge in [-0.2, -0.15) is 0 Å². The van der Waals surface area contributed by atoms with Crippen molar-refractivity contribution in [2.75, 3.05) is 43.9 Å². The van der Waals surface area contributed by atoms with Crippen LogP contribution in [-0.4, -0.2) is 59.3 Å². The first kappa shape index (κ1) is 17.7. The number of amidine groups is 1. The summed E-state index contributed by atoms with van der Waals surface area (Å²) in [5, 5.41) is 22.5. The van der Waals surface area contributed by atoms with E-state index in [9.17, 15) is 10.1 Å². The van der Waals surface area contributed by atoms with E-state index in [1.165, 1.54) is 19.2 Å². The number of aromatic nitrogens is 2. The van der Waals surface area contributed by atoms with Gasteiger partial charge in [0.1, 0.15) is 7.11 Å². The number of benzene rings is 1. The van der Waals surface area contributed by atoms with Gasteiger partial charge in [0.15, 0.2) is 11.5 Å². The molecule has 1 aliphatic rings. The van der Waals surface area contributed by atoms with E-state index in [4.69, 9.17) is 22.2 Å². The standard InChI is InChI=1S/C14H16ClN7O4/c1-25-19-14(12-13(16)18-26-17-12)21-6-4-20(5-7-21)11-3-2-9(22(23)24)8-10(11)15/h2-3,8H,4-7H2,1H3,(H2,16,18)/b19-14-. The van der Waals surface area contributed by atoms with Crippen molar-refractivity contribution in [3.63, 3.8) is 0 Å². The minimum atomic E-state index is -0.475. The third-order valence-electron chi connectivity index (χ3n) is 3.97. The number of hydrogen-bond acceptors (Lipinski definition) is 9. The summed E-state index contributed by atoms with van der Waals surface area (Å²) < 4.78 is 4.63. The van der Waals surface area contributed by atoms with Crippen LogP contribution in [0.4, 0.5) is 17.2 Å². The maximum absolute atomic E-state index is 10.8. The molecule has 0 spiro atoms. The van der Waals surface area contributed by atoms with Crippen LogP contribution in [0.15, 0.2) is 28.0 Å². The van der Waals surface area contributed by atoms with Crippen molar-refractivity contribution >= 4 is 34.6 Å². The van der Waals surface area contributed by atoms with Crippen molar-refractivity contribution in [2.24, 2.45) is 5.16 Å². The lowest BCUT2D eigenvalue weighted by molar-refractivity contribution is -0.384. The van der Waals surface area contributed by atoms with Crippen molar-refractivity contribution in [2.45, 2.75) is 0 Å². The van der Waals surface area contributed by atoms with Gasteiger partial charge in [-0.3, -0.25) is 10.1 Å². The summed E-state index contributed by atoms with van der Waals surface area (Å²) in [6, 6.07) is 4.44. The minimum absolute atomic E-state index is 0.0408. The van der Waals surface area contributed by atoms with E-state index in [1.807, 2.05) is 9.80 Å². The highest BCUT2D eigenvalue weighted by molar-refractivity contribution is 6.33. The van der Waals surface area contributed by atoms with E-state index in [0.717, 1.165) is 5.69 Å². The molecule has 2 aromatic rings. The molecule has 26 heavy (non-hydrogen) atoms. The molecule has 0 atom stereocenters. The van der Waals surface area contributed by atoms with E-state index in [2.05, 4.69) is 20.1 Å². The lowest BCUT2D eigenvalue weighted by atomic mass is 10.2. The molecule has 0 unspecified atom stereocenters. The Bertz CT molecular complexity index is 832. The molecule has 0 aliphatic carbocycles. The van der Waals surface area contributed by atoms with Crippen molar-refractivity contribution < 1.29 is 14.4 Å². The summed E-state index contributed by atoms with van der Waals surface area (Å²) in [6.45, 7) is 2.40. The number of nitro benzene ring substituents is 1. The molecular formula is C14H16ClN7O4. The monoisotopic (exact) mass is 381 g/mol. The molecule has 0 saturated carbocycles. The van der Waals surface area contributed by atoms with Crippen LogP contribution in [0.1, 0.15) is 5.69 Å². The molecule has 2 N–H and O–H groups in total. The highest BCUT2D eigenvalue weighted by Crippen LogP contribution is 2.30. The average molecular weight is 382 g/mol. The van der Waals surface area contributed by atoms with Gasteiger partial charge in [0.25, 0.3) is 5.69 Å². The summed E-state index contributed by atoms with van der Waals surface area (Å²) in [5.41, 5.74) is 6.76. The van der Waals surface area contributed by atoms with Gasteiger partial charge in [-0.15, -0.1) is 0 Å². The maximum Gasteiger partial charge on any atom is 0.271 e. The lowest BCUT2D eigenvalue weighted by Crippen LogP contribution is -2.49. The number of rotatable bonds is 4. The Morgan fingerprint density at radius 3 is 2.65 bits per heavy atom. The number of nitrogens with zero attached hydrogens (tertiary/aromatic N) is 6. The minimum Gasteiger partial charge on any atom is -0.397 e. The Hall–Kier alpha value is -3.08. The summed E-state index contributed by atoms with van der Waals surface area (Å²) in [7, 11) is 1.43. The third kappa shape index (κ3) is 3.47. The normalized spacial score (nSPS) is 15.2. The quantitative estimate of drug-likeness (QED) is 0.360.